The van der Waals surface area contributed by atoms with Crippen molar-refractivity contribution in [1.82, 2.24) is 4.98 Å². The number of ether oxygens (including phenoxy) is 1. The normalized spacial score (nSPS) is 14.3. The van der Waals surface area contributed by atoms with E-state index in [1.807, 2.05) is 0 Å². The molecular weight excluding hydrogens is 315 g/mol. The van der Waals surface area contributed by atoms with Crippen LogP contribution >= 0.6 is 0 Å². The summed E-state index contributed by atoms with van der Waals surface area (Å²) in [5.74, 6) is -1.79. The number of aromatic nitrogens is 1. The number of furan rings is 1. The summed E-state index contributed by atoms with van der Waals surface area (Å²) >= 11 is 0. The summed E-state index contributed by atoms with van der Waals surface area (Å²) in [5, 5.41) is 9.96. The molecule has 0 aromatic carbocycles. The van der Waals surface area contributed by atoms with Crippen molar-refractivity contribution in [3.05, 3.63) is 53.7 Å². The number of aryl methyl sites for hydroxylation is 1. The molecule has 0 bridgehead atoms. The van der Waals surface area contributed by atoms with Gasteiger partial charge >= 0.3 is 12.1 Å². The number of aliphatic hydroxyl groups is 1. The molecule has 0 aliphatic rings. The lowest BCUT2D eigenvalue weighted by atomic mass is 9.96. The molecule has 1 unspecified atom stereocenters. The second-order valence-corrected chi connectivity index (χ2v) is 4.93. The van der Waals surface area contributed by atoms with Crippen LogP contribution in [-0.2, 0) is 21.7 Å². The Kier molecular flexibility index (Phi) is 4.74. The molecule has 0 fully saturated rings. The van der Waals surface area contributed by atoms with Gasteiger partial charge in [0.2, 0.25) is 5.60 Å². The Labute approximate surface area is 129 Å². The van der Waals surface area contributed by atoms with Gasteiger partial charge in [0, 0.05) is 6.20 Å². The van der Waals surface area contributed by atoms with E-state index < -0.39 is 29.9 Å². The van der Waals surface area contributed by atoms with Crippen LogP contribution in [0, 0.1) is 6.92 Å². The standard InChI is InChI=1S/C15H14F3NO4/c1-10-5-6-12(23-10)14(21,15(16,17)18)8-13(20)22-9-11-4-2-3-7-19-11/h2-7,21H,8-9H2,1H3. The van der Waals surface area contributed by atoms with E-state index in [1.54, 1.807) is 18.2 Å². The third kappa shape index (κ3) is 3.89. The van der Waals surface area contributed by atoms with E-state index in [2.05, 4.69) is 4.98 Å². The molecule has 124 valence electrons. The molecule has 2 heterocycles. The molecule has 0 saturated heterocycles. The first-order valence-electron chi connectivity index (χ1n) is 6.64. The van der Waals surface area contributed by atoms with E-state index in [1.165, 1.54) is 19.2 Å². The van der Waals surface area contributed by atoms with Gasteiger partial charge in [-0.05, 0) is 31.2 Å². The highest BCUT2D eigenvalue weighted by Gasteiger charge is 2.58. The van der Waals surface area contributed by atoms with Gasteiger partial charge in [0.15, 0.2) is 0 Å². The summed E-state index contributed by atoms with van der Waals surface area (Å²) in [6.07, 6.45) is -4.95. The number of carbonyl (C=O) groups excluding carboxylic acids is 1. The molecule has 2 aromatic heterocycles. The van der Waals surface area contributed by atoms with E-state index in [0.717, 1.165) is 6.07 Å². The van der Waals surface area contributed by atoms with Crippen LogP contribution in [-0.4, -0.2) is 22.2 Å². The van der Waals surface area contributed by atoms with E-state index in [0.29, 0.717) is 5.69 Å². The fourth-order valence-corrected chi connectivity index (χ4v) is 1.88. The average Bonchev–Trinajstić information content (AvgIpc) is 2.92. The van der Waals surface area contributed by atoms with E-state index >= 15 is 0 Å². The second kappa shape index (κ2) is 6.41. The number of esters is 1. The van der Waals surface area contributed by atoms with Gasteiger partial charge in [0.25, 0.3) is 0 Å². The first kappa shape index (κ1) is 17.0. The van der Waals surface area contributed by atoms with Crippen molar-refractivity contribution < 1.29 is 32.2 Å². The second-order valence-electron chi connectivity index (χ2n) is 4.93. The van der Waals surface area contributed by atoms with Crippen LogP contribution in [0.3, 0.4) is 0 Å². The zero-order valence-electron chi connectivity index (χ0n) is 12.1. The van der Waals surface area contributed by atoms with Crippen molar-refractivity contribution >= 4 is 5.97 Å². The number of hydrogen-bond acceptors (Lipinski definition) is 5. The van der Waals surface area contributed by atoms with Crippen LogP contribution in [0.1, 0.15) is 23.6 Å². The SMILES string of the molecule is Cc1ccc(C(O)(CC(=O)OCc2ccccn2)C(F)(F)F)o1. The van der Waals surface area contributed by atoms with Gasteiger partial charge in [-0.25, -0.2) is 0 Å². The molecule has 2 rings (SSSR count). The Balaban J connectivity index is 2.11. The molecule has 0 amide bonds. The van der Waals surface area contributed by atoms with Crippen molar-refractivity contribution in [3.63, 3.8) is 0 Å². The highest BCUT2D eigenvalue weighted by Crippen LogP contribution is 2.42. The summed E-state index contributed by atoms with van der Waals surface area (Å²) in [7, 11) is 0. The van der Waals surface area contributed by atoms with Gasteiger partial charge in [0.05, 0.1) is 12.1 Å². The smallest absolute Gasteiger partial charge is 0.425 e. The fourth-order valence-electron chi connectivity index (χ4n) is 1.88. The number of rotatable bonds is 5. The Morgan fingerprint density at radius 2 is 2.04 bits per heavy atom. The van der Waals surface area contributed by atoms with Crippen LogP contribution < -0.4 is 0 Å². The molecule has 5 nitrogen and oxygen atoms in total. The highest BCUT2D eigenvalue weighted by molar-refractivity contribution is 5.71. The predicted octanol–water partition coefficient (Wildman–Crippen LogP) is 2.87. The topological polar surface area (TPSA) is 72.6 Å². The lowest BCUT2D eigenvalue weighted by Crippen LogP contribution is -2.44. The fraction of sp³-hybridized carbons (Fsp3) is 0.333. The molecule has 23 heavy (non-hydrogen) atoms. The molecule has 0 saturated carbocycles. The van der Waals surface area contributed by atoms with Gasteiger partial charge in [-0.1, -0.05) is 6.07 Å². The van der Waals surface area contributed by atoms with Crippen LogP contribution in [0.4, 0.5) is 13.2 Å². The van der Waals surface area contributed by atoms with Gasteiger partial charge < -0.3 is 14.3 Å². The molecule has 8 heteroatoms. The highest BCUT2D eigenvalue weighted by atomic mass is 19.4. The molecule has 2 aromatic rings. The zero-order valence-corrected chi connectivity index (χ0v) is 12.1. The number of hydrogen-bond donors (Lipinski definition) is 1. The largest absolute Gasteiger partial charge is 0.463 e. The predicted molar refractivity (Wildman–Crippen MR) is 72.0 cm³/mol. The maximum Gasteiger partial charge on any atom is 0.425 e. The first-order chi connectivity index (χ1) is 10.7. The minimum atomic E-state index is -5.10. The maximum atomic E-state index is 13.2. The summed E-state index contributed by atoms with van der Waals surface area (Å²) in [6.45, 7) is 1.14. The monoisotopic (exact) mass is 329 g/mol. The van der Waals surface area contributed by atoms with Crippen molar-refractivity contribution in [2.45, 2.75) is 31.7 Å². The molecule has 0 aliphatic carbocycles. The molecule has 1 N–H and O–H groups in total. The molecular formula is C15H14F3NO4. The Bertz CT molecular complexity index is 669. The number of pyridine rings is 1. The van der Waals surface area contributed by atoms with Crippen molar-refractivity contribution in [2.75, 3.05) is 0 Å². The summed E-state index contributed by atoms with van der Waals surface area (Å²) in [4.78, 5) is 15.6. The number of carbonyl (C=O) groups is 1. The lowest BCUT2D eigenvalue weighted by Gasteiger charge is -2.27. The molecule has 0 aliphatic heterocycles. The van der Waals surface area contributed by atoms with E-state index in [9.17, 15) is 23.1 Å². The Morgan fingerprint density at radius 1 is 1.30 bits per heavy atom. The minimum Gasteiger partial charge on any atom is -0.463 e. The van der Waals surface area contributed by atoms with Gasteiger partial charge in [-0.15, -0.1) is 0 Å². The summed E-state index contributed by atoms with van der Waals surface area (Å²) in [6, 6.07) is 7.10. The van der Waals surface area contributed by atoms with E-state index in [4.69, 9.17) is 9.15 Å². The molecule has 1 atom stereocenters. The number of nitrogens with zero attached hydrogens (tertiary/aromatic N) is 1. The Morgan fingerprint density at radius 3 is 2.57 bits per heavy atom. The minimum absolute atomic E-state index is 0.185. The number of halogens is 3. The third-order valence-electron chi connectivity index (χ3n) is 3.12. The third-order valence-corrected chi connectivity index (χ3v) is 3.12. The van der Waals surface area contributed by atoms with Crippen molar-refractivity contribution in [1.29, 1.82) is 0 Å². The van der Waals surface area contributed by atoms with Gasteiger partial charge in [0.1, 0.15) is 18.1 Å². The number of alkyl halides is 3. The van der Waals surface area contributed by atoms with Crippen LogP contribution in [0.15, 0.2) is 40.9 Å². The Hall–Kier alpha value is -2.35. The lowest BCUT2D eigenvalue weighted by molar-refractivity contribution is -0.275. The van der Waals surface area contributed by atoms with Crippen LogP contribution in [0.2, 0.25) is 0 Å². The van der Waals surface area contributed by atoms with Crippen molar-refractivity contribution in [2.24, 2.45) is 0 Å². The molecule has 0 spiro atoms. The van der Waals surface area contributed by atoms with Gasteiger partial charge in [-0.3, -0.25) is 9.78 Å². The maximum absolute atomic E-state index is 13.2. The van der Waals surface area contributed by atoms with Crippen molar-refractivity contribution in [3.8, 4) is 0 Å². The van der Waals surface area contributed by atoms with Gasteiger partial charge in [-0.2, -0.15) is 13.2 Å². The summed E-state index contributed by atoms with van der Waals surface area (Å²) in [5.41, 5.74) is -3.06. The average molecular weight is 329 g/mol. The summed E-state index contributed by atoms with van der Waals surface area (Å²) < 4.78 is 49.2. The quantitative estimate of drug-likeness (QED) is 0.854. The van der Waals surface area contributed by atoms with E-state index in [-0.39, 0.29) is 12.4 Å². The van der Waals surface area contributed by atoms with Crippen LogP contribution in [0.5, 0.6) is 0 Å². The van der Waals surface area contributed by atoms with Crippen LogP contribution in [0.25, 0.3) is 0 Å². The zero-order chi connectivity index (χ0) is 17.1. The first-order valence-corrected chi connectivity index (χ1v) is 6.64. The molecule has 0 radical (unpaired) electrons.